The number of hydrogen-bond donors (Lipinski definition) is 1. The molecule has 0 saturated carbocycles. The molecule has 1 N–H and O–H groups in total. The van der Waals surface area contributed by atoms with Crippen LogP contribution in [-0.2, 0) is 16.5 Å². The second kappa shape index (κ2) is 4.91. The van der Waals surface area contributed by atoms with E-state index in [0.717, 1.165) is 6.42 Å². The van der Waals surface area contributed by atoms with Gasteiger partial charge in [0.2, 0.25) is 0 Å². The summed E-state index contributed by atoms with van der Waals surface area (Å²) in [6.45, 7) is 11.1. The van der Waals surface area contributed by atoms with Crippen molar-refractivity contribution >= 4 is 11.1 Å². The minimum Gasteiger partial charge on any atom is -0.302 e. The van der Waals surface area contributed by atoms with E-state index in [9.17, 15) is 4.21 Å². The first-order valence-corrected chi connectivity index (χ1v) is 7.04. The predicted octanol–water partition coefficient (Wildman–Crippen LogP) is 3.98. The van der Waals surface area contributed by atoms with Crippen LogP contribution in [0.15, 0.2) is 29.2 Å². The topological polar surface area (TPSA) is 37.3 Å². The average Bonchev–Trinajstić information content (AvgIpc) is 2.26. The molecule has 0 heterocycles. The Morgan fingerprint density at radius 2 is 1.59 bits per heavy atom. The summed E-state index contributed by atoms with van der Waals surface area (Å²) in [7, 11) is 0. The monoisotopic (exact) mass is 254 g/mol. The minimum atomic E-state index is -1.89. The summed E-state index contributed by atoms with van der Waals surface area (Å²) in [6.07, 6.45) is 1.04. The molecule has 2 atom stereocenters. The van der Waals surface area contributed by atoms with E-state index >= 15 is 0 Å². The van der Waals surface area contributed by atoms with Crippen molar-refractivity contribution in [3.63, 3.8) is 0 Å². The Labute approximate surface area is 107 Å². The highest BCUT2D eigenvalue weighted by atomic mass is 32.2. The van der Waals surface area contributed by atoms with Crippen LogP contribution in [0.25, 0.3) is 0 Å². The van der Waals surface area contributed by atoms with Gasteiger partial charge in [-0.1, -0.05) is 46.8 Å². The lowest BCUT2D eigenvalue weighted by atomic mass is 9.62. The van der Waals surface area contributed by atoms with Gasteiger partial charge in [0, 0.05) is 0 Å². The molecule has 0 aromatic heterocycles. The average molecular weight is 254 g/mol. The van der Waals surface area contributed by atoms with Gasteiger partial charge in [-0.05, 0) is 34.9 Å². The largest absolute Gasteiger partial charge is 0.302 e. The number of benzene rings is 1. The SMILES string of the molecule is CCC(C)(c1ccc(S(=O)O)cc1)C(C)(C)C. The van der Waals surface area contributed by atoms with Crippen molar-refractivity contribution < 1.29 is 8.76 Å². The first-order chi connectivity index (χ1) is 7.72. The summed E-state index contributed by atoms with van der Waals surface area (Å²) < 4.78 is 19.9. The van der Waals surface area contributed by atoms with Crippen molar-refractivity contribution in [1.29, 1.82) is 0 Å². The Hall–Kier alpha value is -0.670. The fourth-order valence-electron chi connectivity index (χ4n) is 2.11. The maximum atomic E-state index is 10.9. The molecule has 0 spiro atoms. The van der Waals surface area contributed by atoms with E-state index < -0.39 is 11.1 Å². The molecule has 0 aliphatic rings. The molecule has 0 amide bonds. The van der Waals surface area contributed by atoms with Crippen LogP contribution in [0.2, 0.25) is 0 Å². The highest BCUT2D eigenvalue weighted by molar-refractivity contribution is 7.79. The van der Waals surface area contributed by atoms with E-state index in [2.05, 4.69) is 34.6 Å². The zero-order valence-corrected chi connectivity index (χ0v) is 12.1. The van der Waals surface area contributed by atoms with E-state index in [1.807, 2.05) is 12.1 Å². The molecule has 1 rings (SSSR count). The second-order valence-corrected chi connectivity index (χ2v) is 6.68. The van der Waals surface area contributed by atoms with Gasteiger partial charge in [0.15, 0.2) is 11.1 Å². The van der Waals surface area contributed by atoms with Gasteiger partial charge >= 0.3 is 0 Å². The van der Waals surface area contributed by atoms with E-state index in [1.165, 1.54) is 5.56 Å². The third-order valence-corrected chi connectivity index (χ3v) is 4.73. The van der Waals surface area contributed by atoms with Gasteiger partial charge in [-0.25, -0.2) is 4.21 Å². The summed E-state index contributed by atoms with van der Waals surface area (Å²) in [5.41, 5.74) is 1.45. The van der Waals surface area contributed by atoms with Gasteiger partial charge in [-0.15, -0.1) is 0 Å². The van der Waals surface area contributed by atoms with Crippen LogP contribution in [0.1, 0.15) is 46.6 Å². The molecule has 0 fully saturated rings. The number of rotatable bonds is 3. The molecule has 17 heavy (non-hydrogen) atoms. The van der Waals surface area contributed by atoms with E-state index in [-0.39, 0.29) is 10.8 Å². The van der Waals surface area contributed by atoms with Crippen LogP contribution in [0.4, 0.5) is 0 Å². The highest BCUT2D eigenvalue weighted by Gasteiger charge is 2.37. The third-order valence-electron chi connectivity index (χ3n) is 4.06. The lowest BCUT2D eigenvalue weighted by Crippen LogP contribution is -2.36. The fourth-order valence-corrected chi connectivity index (χ4v) is 2.48. The van der Waals surface area contributed by atoms with Crippen LogP contribution >= 0.6 is 0 Å². The lowest BCUT2D eigenvalue weighted by molar-refractivity contribution is 0.196. The Balaban J connectivity index is 3.19. The molecule has 0 saturated heterocycles. The minimum absolute atomic E-state index is 0.0719. The molecule has 1 aromatic carbocycles. The van der Waals surface area contributed by atoms with Crippen molar-refractivity contribution in [2.45, 2.75) is 51.3 Å². The van der Waals surface area contributed by atoms with Crippen molar-refractivity contribution in [2.75, 3.05) is 0 Å². The smallest absolute Gasteiger partial charge is 0.186 e. The second-order valence-electron chi connectivity index (χ2n) is 5.71. The van der Waals surface area contributed by atoms with E-state index in [0.29, 0.717) is 4.90 Å². The van der Waals surface area contributed by atoms with Crippen LogP contribution in [0.5, 0.6) is 0 Å². The third kappa shape index (κ3) is 2.78. The molecule has 1 aromatic rings. The first kappa shape index (κ1) is 14.4. The van der Waals surface area contributed by atoms with Gasteiger partial charge in [0.25, 0.3) is 0 Å². The molecular formula is C14H22O2S. The van der Waals surface area contributed by atoms with Crippen molar-refractivity contribution in [2.24, 2.45) is 5.41 Å². The van der Waals surface area contributed by atoms with Crippen LogP contribution in [0, 0.1) is 5.41 Å². The maximum absolute atomic E-state index is 10.9. The highest BCUT2D eigenvalue weighted by Crippen LogP contribution is 2.43. The van der Waals surface area contributed by atoms with Gasteiger partial charge in [0.1, 0.15) is 0 Å². The van der Waals surface area contributed by atoms with Crippen molar-refractivity contribution in [3.05, 3.63) is 29.8 Å². The summed E-state index contributed by atoms with van der Waals surface area (Å²) in [6, 6.07) is 7.42. The van der Waals surface area contributed by atoms with Crippen LogP contribution < -0.4 is 0 Å². The zero-order valence-electron chi connectivity index (χ0n) is 11.3. The van der Waals surface area contributed by atoms with Crippen molar-refractivity contribution in [1.82, 2.24) is 0 Å². The van der Waals surface area contributed by atoms with E-state index in [1.54, 1.807) is 12.1 Å². The molecule has 2 nitrogen and oxygen atoms in total. The predicted molar refractivity (Wildman–Crippen MR) is 72.6 cm³/mol. The Morgan fingerprint density at radius 3 is 1.88 bits per heavy atom. The summed E-state index contributed by atoms with van der Waals surface area (Å²) in [4.78, 5) is 0.459. The molecule has 3 heteroatoms. The van der Waals surface area contributed by atoms with Gasteiger partial charge in [0.05, 0.1) is 4.90 Å². The maximum Gasteiger partial charge on any atom is 0.186 e. The fraction of sp³-hybridized carbons (Fsp3) is 0.571. The zero-order chi connectivity index (χ0) is 13.3. The Bertz CT molecular complexity index is 403. The lowest BCUT2D eigenvalue weighted by Gasteiger charge is -2.42. The molecule has 0 radical (unpaired) electrons. The van der Waals surface area contributed by atoms with Crippen molar-refractivity contribution in [3.8, 4) is 0 Å². The van der Waals surface area contributed by atoms with Crippen LogP contribution in [-0.4, -0.2) is 8.76 Å². The van der Waals surface area contributed by atoms with E-state index in [4.69, 9.17) is 4.55 Å². The Kier molecular flexibility index (Phi) is 4.15. The molecule has 0 bridgehead atoms. The Morgan fingerprint density at radius 1 is 1.12 bits per heavy atom. The summed E-state index contributed by atoms with van der Waals surface area (Å²) >= 11 is -1.89. The first-order valence-electron chi connectivity index (χ1n) is 5.94. The standard InChI is InChI=1S/C14H22O2S/c1-6-14(5,13(2,3)4)11-7-9-12(10-8-11)17(15)16/h7-10H,6H2,1-5H3,(H,15,16). The van der Waals surface area contributed by atoms with Crippen LogP contribution in [0.3, 0.4) is 0 Å². The van der Waals surface area contributed by atoms with Gasteiger partial charge in [-0.2, -0.15) is 0 Å². The molecule has 96 valence electrons. The summed E-state index contributed by atoms with van der Waals surface area (Å²) in [5, 5.41) is 0. The van der Waals surface area contributed by atoms with Gasteiger partial charge in [-0.3, -0.25) is 0 Å². The number of hydrogen-bond acceptors (Lipinski definition) is 1. The summed E-state index contributed by atoms with van der Waals surface area (Å²) in [5.74, 6) is 0. The normalized spacial score (nSPS) is 17.5. The van der Waals surface area contributed by atoms with Gasteiger partial charge < -0.3 is 4.55 Å². The molecule has 0 aliphatic carbocycles. The quantitative estimate of drug-likeness (QED) is 0.828. The molecule has 0 aliphatic heterocycles. The molecule has 2 unspecified atom stereocenters. The molecular weight excluding hydrogens is 232 g/mol.